The maximum atomic E-state index is 5.91. The summed E-state index contributed by atoms with van der Waals surface area (Å²) in [6, 6.07) is 2.38. The average molecular weight is 379 g/mol. The predicted octanol–water partition coefficient (Wildman–Crippen LogP) is 2.59. The van der Waals surface area contributed by atoms with Crippen molar-refractivity contribution in [3.05, 3.63) is 0 Å². The Labute approximate surface area is 154 Å². The molecule has 0 aliphatic carbocycles. The van der Waals surface area contributed by atoms with Crippen molar-refractivity contribution in [2.75, 3.05) is 48.0 Å². The minimum absolute atomic E-state index is 0.0691. The summed E-state index contributed by atoms with van der Waals surface area (Å²) in [4.78, 5) is 4.72. The van der Waals surface area contributed by atoms with E-state index in [1.165, 1.54) is 25.3 Å². The van der Waals surface area contributed by atoms with E-state index in [1.54, 1.807) is 0 Å². The Morgan fingerprint density at radius 2 is 1.21 bits per heavy atom. The lowest BCUT2D eigenvalue weighted by Crippen LogP contribution is -2.45. The van der Waals surface area contributed by atoms with Crippen molar-refractivity contribution >= 4 is 18.3 Å². The Morgan fingerprint density at radius 1 is 0.750 bits per heavy atom. The van der Waals surface area contributed by atoms with Crippen LogP contribution >= 0.6 is 0 Å². The van der Waals surface area contributed by atoms with Gasteiger partial charge < -0.3 is 13.3 Å². The largest absolute Gasteiger partial charge is 0.500 e. The third kappa shape index (κ3) is 10.3. The first kappa shape index (κ1) is 24.2. The van der Waals surface area contributed by atoms with E-state index in [9.17, 15) is 0 Å². The highest BCUT2D eigenvalue weighted by molar-refractivity contribution is 6.60. The van der Waals surface area contributed by atoms with Crippen molar-refractivity contribution in [3.63, 3.8) is 0 Å². The summed E-state index contributed by atoms with van der Waals surface area (Å²) in [5, 5.41) is 0. The molecule has 0 aliphatic heterocycles. The van der Waals surface area contributed by atoms with E-state index in [0.717, 1.165) is 12.5 Å². The quantitative estimate of drug-likeness (QED) is 0.234. The molecular formula is C17H42N2O3Si2. The van der Waals surface area contributed by atoms with Gasteiger partial charge in [-0.2, -0.15) is 0 Å². The molecule has 24 heavy (non-hydrogen) atoms. The number of unbranched alkanes of at least 4 members (excludes halogenated alkanes) is 3. The van der Waals surface area contributed by atoms with E-state index in [0.29, 0.717) is 25.6 Å². The second-order valence-corrected chi connectivity index (χ2v) is 11.4. The maximum Gasteiger partial charge on any atom is 0.500 e. The van der Waals surface area contributed by atoms with E-state index >= 15 is 0 Å². The molecule has 0 heterocycles. The fourth-order valence-corrected chi connectivity index (χ4v) is 7.90. The Balaban J connectivity index is 4.00. The van der Waals surface area contributed by atoms with Gasteiger partial charge in [-0.15, -0.1) is 0 Å². The van der Waals surface area contributed by atoms with Crippen LogP contribution in [0.25, 0.3) is 0 Å². The second-order valence-electron chi connectivity index (χ2n) is 6.70. The van der Waals surface area contributed by atoms with E-state index in [-0.39, 0.29) is 9.52 Å². The monoisotopic (exact) mass is 378 g/mol. The molecule has 5 nitrogen and oxygen atoms in total. The summed E-state index contributed by atoms with van der Waals surface area (Å²) in [5.41, 5.74) is 0. The highest BCUT2D eigenvalue weighted by Crippen LogP contribution is 2.20. The minimum Gasteiger partial charge on any atom is -0.374 e. The summed E-state index contributed by atoms with van der Waals surface area (Å²) in [7, 11) is 6.28. The maximum absolute atomic E-state index is 5.91. The molecule has 0 bridgehead atoms. The molecule has 0 saturated heterocycles. The molecule has 0 unspecified atom stereocenters. The Kier molecular flexibility index (Phi) is 14.5. The van der Waals surface area contributed by atoms with Gasteiger partial charge in [0.1, 0.15) is 0 Å². The molecule has 0 fully saturated rings. The summed E-state index contributed by atoms with van der Waals surface area (Å²) < 4.78 is 17.7. The molecule has 0 amide bonds. The van der Waals surface area contributed by atoms with E-state index in [2.05, 4.69) is 38.0 Å². The third-order valence-corrected chi connectivity index (χ3v) is 10.3. The molecule has 0 rings (SSSR count). The lowest BCUT2D eigenvalue weighted by atomic mass is 10.2. The summed E-state index contributed by atoms with van der Waals surface area (Å²) >= 11 is 0. The van der Waals surface area contributed by atoms with Gasteiger partial charge in [0, 0.05) is 31.7 Å². The lowest BCUT2D eigenvalue weighted by Gasteiger charge is -2.30. The van der Waals surface area contributed by atoms with Crippen molar-refractivity contribution in [1.29, 1.82) is 0 Å². The second kappa shape index (κ2) is 14.4. The molecule has 0 N–H and O–H groups in total. The fourth-order valence-electron chi connectivity index (χ4n) is 3.18. The topological polar surface area (TPSA) is 34.2 Å². The molecule has 0 radical (unpaired) electrons. The molecular weight excluding hydrogens is 336 g/mol. The number of nitrogens with zero attached hydrogens (tertiary/aromatic N) is 2. The van der Waals surface area contributed by atoms with Crippen molar-refractivity contribution in [1.82, 2.24) is 9.80 Å². The highest BCUT2D eigenvalue weighted by Gasteiger charge is 2.39. The van der Waals surface area contributed by atoms with Crippen LogP contribution in [-0.4, -0.2) is 81.9 Å². The molecule has 0 spiro atoms. The molecule has 0 aliphatic rings. The zero-order valence-electron chi connectivity index (χ0n) is 17.3. The first-order valence-corrected chi connectivity index (χ1v) is 13.4. The highest BCUT2D eigenvalue weighted by atomic mass is 28.4. The first-order valence-electron chi connectivity index (χ1n) is 9.67. The van der Waals surface area contributed by atoms with Gasteiger partial charge in [-0.05, 0) is 55.4 Å². The van der Waals surface area contributed by atoms with Crippen LogP contribution in [0.1, 0.15) is 46.5 Å². The van der Waals surface area contributed by atoms with Gasteiger partial charge in [0.25, 0.3) is 0 Å². The van der Waals surface area contributed by atoms with Gasteiger partial charge in [-0.1, -0.05) is 25.3 Å². The number of hydrogen-bond donors (Lipinski definition) is 0. The summed E-state index contributed by atoms with van der Waals surface area (Å²) in [6.07, 6.45) is 5.08. The zero-order chi connectivity index (χ0) is 18.4. The number of rotatable bonds is 16. The fraction of sp³-hybridized carbons (Fsp3) is 1.00. The average Bonchev–Trinajstić information content (AvgIpc) is 2.50. The SMILES string of the molecule is CCO[Si](CCCCCC[SiH2]C(N(C)C)N(C)C)(OCC)OCC. The van der Waals surface area contributed by atoms with Crippen LogP contribution in [0.5, 0.6) is 0 Å². The predicted molar refractivity (Wildman–Crippen MR) is 108 cm³/mol. The molecule has 0 aromatic carbocycles. The molecule has 0 saturated carbocycles. The third-order valence-electron chi connectivity index (χ3n) is 4.23. The molecule has 7 heteroatoms. The molecule has 0 aromatic heterocycles. The van der Waals surface area contributed by atoms with Crippen molar-refractivity contribution < 1.29 is 13.3 Å². The standard InChI is InChI=1S/C17H42N2O3Si2/c1-8-20-24(21-9-2,22-10-3)16-14-12-11-13-15-23-17(18(4)5)19(6)7/h17H,8-16,23H2,1-7H3. The zero-order valence-corrected chi connectivity index (χ0v) is 19.7. The van der Waals surface area contributed by atoms with E-state index in [1.807, 2.05) is 20.8 Å². The molecule has 0 atom stereocenters. The summed E-state index contributed by atoms with van der Waals surface area (Å²) in [5.74, 6) is 0.680. The van der Waals surface area contributed by atoms with Crippen LogP contribution < -0.4 is 0 Å². The smallest absolute Gasteiger partial charge is 0.374 e. The van der Waals surface area contributed by atoms with Gasteiger partial charge in [0.05, 0.1) is 9.52 Å². The van der Waals surface area contributed by atoms with Gasteiger partial charge in [0.15, 0.2) is 0 Å². The lowest BCUT2D eigenvalue weighted by molar-refractivity contribution is 0.0706. The van der Waals surface area contributed by atoms with E-state index < -0.39 is 8.80 Å². The van der Waals surface area contributed by atoms with Crippen molar-refractivity contribution in [2.24, 2.45) is 0 Å². The van der Waals surface area contributed by atoms with Crippen LogP contribution in [0, 0.1) is 0 Å². The van der Waals surface area contributed by atoms with Gasteiger partial charge in [-0.3, -0.25) is 9.80 Å². The van der Waals surface area contributed by atoms with Crippen LogP contribution in [0.4, 0.5) is 0 Å². The number of hydrogen-bond acceptors (Lipinski definition) is 5. The molecule has 0 aromatic rings. The minimum atomic E-state index is -2.42. The Hall–Kier alpha value is 0.234. The van der Waals surface area contributed by atoms with Crippen molar-refractivity contribution in [3.8, 4) is 0 Å². The Morgan fingerprint density at radius 3 is 1.62 bits per heavy atom. The van der Waals surface area contributed by atoms with Gasteiger partial charge in [-0.25, -0.2) is 0 Å². The normalized spacial score (nSPS) is 13.2. The van der Waals surface area contributed by atoms with Crippen molar-refractivity contribution in [2.45, 2.75) is 64.3 Å². The Bertz CT molecular complexity index is 270. The van der Waals surface area contributed by atoms with Crippen LogP contribution in [0.2, 0.25) is 12.1 Å². The van der Waals surface area contributed by atoms with Crippen LogP contribution in [-0.2, 0) is 13.3 Å². The first-order chi connectivity index (χ1) is 11.4. The summed E-state index contributed by atoms with van der Waals surface area (Å²) in [6.45, 7) is 8.10. The van der Waals surface area contributed by atoms with Gasteiger partial charge in [0.2, 0.25) is 0 Å². The van der Waals surface area contributed by atoms with E-state index in [4.69, 9.17) is 13.3 Å². The van der Waals surface area contributed by atoms with Crippen LogP contribution in [0.3, 0.4) is 0 Å². The van der Waals surface area contributed by atoms with Gasteiger partial charge >= 0.3 is 8.80 Å². The van der Waals surface area contributed by atoms with Crippen LogP contribution in [0.15, 0.2) is 0 Å². The molecule has 146 valence electrons.